The summed E-state index contributed by atoms with van der Waals surface area (Å²) in [6, 6.07) is 0. The molecule has 12 heteroatoms. The Balaban J connectivity index is 0.000000418. The van der Waals surface area contributed by atoms with E-state index in [0.717, 1.165) is 0 Å². The predicted molar refractivity (Wildman–Crippen MR) is 88.9 cm³/mol. The van der Waals surface area contributed by atoms with Crippen LogP contribution in [0.4, 0.5) is 0 Å². The van der Waals surface area contributed by atoms with Gasteiger partial charge in [-0.2, -0.15) is 0 Å². The number of fused-ring (bicyclic) bond motifs is 4. The Morgan fingerprint density at radius 2 is 1.14 bits per heavy atom. The van der Waals surface area contributed by atoms with Gasteiger partial charge >= 0.3 is 0 Å². The van der Waals surface area contributed by atoms with Crippen molar-refractivity contribution < 1.29 is 59.5 Å². The van der Waals surface area contributed by atoms with Crippen molar-refractivity contribution in [1.82, 2.24) is 0 Å². The van der Waals surface area contributed by atoms with Crippen LogP contribution >= 0.6 is 0 Å². The Labute approximate surface area is 162 Å². The third-order valence-corrected chi connectivity index (χ3v) is 5.80. The Kier molecular flexibility index (Phi) is 9.40. The molecule has 0 amide bonds. The van der Waals surface area contributed by atoms with E-state index in [0.29, 0.717) is 13.2 Å². The molecule has 4 bridgehead atoms. The summed E-state index contributed by atoms with van der Waals surface area (Å²) in [6.07, 6.45) is -0.410. The first-order chi connectivity index (χ1) is 13.4. The standard InChI is InChI=1S/C16H26O6.2H2O3/c1-7-10-5-18-15(20-10)9(3)12(7)22-14-13(17-4)8(2)11-6-19-16(14)21-11;2*1-3-2/h7-16H,5-6H2,1-4H3;2*1-2H/t7?,8?,9-,10-,11-,12-,13-,14-,15?,16?;;/m1../s1. The zero-order valence-corrected chi connectivity index (χ0v) is 16.2. The fourth-order valence-electron chi connectivity index (χ4n) is 4.31. The maximum Gasteiger partial charge on any atom is 0.186 e. The first-order valence-corrected chi connectivity index (χ1v) is 9.05. The number of rotatable bonds is 3. The van der Waals surface area contributed by atoms with Crippen LogP contribution in [0, 0.1) is 17.8 Å². The summed E-state index contributed by atoms with van der Waals surface area (Å²) in [4.78, 5) is 0. The number of hydrogen-bond acceptors (Lipinski definition) is 12. The summed E-state index contributed by atoms with van der Waals surface area (Å²) in [5.41, 5.74) is 0. The molecule has 0 aliphatic carbocycles. The lowest BCUT2D eigenvalue weighted by atomic mass is 9.86. The van der Waals surface area contributed by atoms with Gasteiger partial charge < -0.3 is 28.4 Å². The number of ether oxygens (including phenoxy) is 6. The van der Waals surface area contributed by atoms with Gasteiger partial charge in [-0.15, -0.1) is 0 Å². The third-order valence-electron chi connectivity index (χ3n) is 5.80. The van der Waals surface area contributed by atoms with Crippen molar-refractivity contribution in [2.24, 2.45) is 17.8 Å². The van der Waals surface area contributed by atoms with Crippen LogP contribution in [0.15, 0.2) is 0 Å². The highest BCUT2D eigenvalue weighted by Crippen LogP contribution is 2.41. The zero-order valence-electron chi connectivity index (χ0n) is 16.2. The Hall–Kier alpha value is -0.480. The molecule has 0 aromatic heterocycles. The fraction of sp³-hybridized carbons (Fsp3) is 1.00. The molecule has 4 aliphatic rings. The van der Waals surface area contributed by atoms with Crippen LogP contribution in [0.1, 0.15) is 20.8 Å². The van der Waals surface area contributed by atoms with Gasteiger partial charge in [0.2, 0.25) is 0 Å². The second-order valence-corrected chi connectivity index (χ2v) is 7.26. The Morgan fingerprint density at radius 3 is 1.68 bits per heavy atom. The smallest absolute Gasteiger partial charge is 0.186 e. The molecule has 0 aromatic rings. The summed E-state index contributed by atoms with van der Waals surface area (Å²) in [5, 5.41) is 31.0. The largest absolute Gasteiger partial charge is 0.378 e. The van der Waals surface area contributed by atoms with E-state index in [9.17, 15) is 0 Å². The number of hydrogen-bond donors (Lipinski definition) is 4. The lowest BCUT2D eigenvalue weighted by Gasteiger charge is -2.44. The first kappa shape index (κ1) is 23.8. The summed E-state index contributed by atoms with van der Waals surface area (Å²) >= 11 is 0. The van der Waals surface area contributed by atoms with Crippen molar-refractivity contribution in [3.8, 4) is 0 Å². The minimum absolute atomic E-state index is 0.00735. The van der Waals surface area contributed by atoms with Gasteiger partial charge in [0.1, 0.15) is 6.10 Å². The molecule has 0 aromatic carbocycles. The van der Waals surface area contributed by atoms with Crippen molar-refractivity contribution in [2.45, 2.75) is 63.9 Å². The molecule has 28 heavy (non-hydrogen) atoms. The normalized spacial score (nSPS) is 46.3. The molecule has 0 spiro atoms. The molecular formula is C16H30O12. The van der Waals surface area contributed by atoms with E-state index in [2.05, 4.69) is 30.8 Å². The van der Waals surface area contributed by atoms with E-state index in [4.69, 9.17) is 49.5 Å². The molecule has 4 saturated heterocycles. The van der Waals surface area contributed by atoms with E-state index < -0.39 is 0 Å². The summed E-state index contributed by atoms with van der Waals surface area (Å²) < 4.78 is 35.6. The molecular weight excluding hydrogens is 384 g/mol. The molecule has 4 N–H and O–H groups in total. The van der Waals surface area contributed by atoms with Crippen molar-refractivity contribution in [2.75, 3.05) is 20.3 Å². The molecule has 0 saturated carbocycles. The SMILES string of the molecule is CO[C@@H]1C(C)[C@H]2COC(O2)[C@@H]1O[C@@H]1C(C)[C@H]2COC(O2)[C@@H]1C.OOO.OOO. The lowest BCUT2D eigenvalue weighted by Crippen LogP contribution is -2.56. The zero-order chi connectivity index (χ0) is 20.8. The highest BCUT2D eigenvalue weighted by Gasteiger charge is 2.54. The van der Waals surface area contributed by atoms with E-state index >= 15 is 0 Å². The Morgan fingerprint density at radius 1 is 0.679 bits per heavy atom. The summed E-state index contributed by atoms with van der Waals surface area (Å²) in [5.74, 6) is 0.716. The van der Waals surface area contributed by atoms with E-state index in [1.165, 1.54) is 0 Å². The van der Waals surface area contributed by atoms with Gasteiger partial charge in [-0.1, -0.05) is 30.8 Å². The van der Waals surface area contributed by atoms with Crippen LogP contribution in [-0.4, -0.2) is 84.5 Å². The van der Waals surface area contributed by atoms with Crippen molar-refractivity contribution in [1.29, 1.82) is 0 Å². The molecule has 12 nitrogen and oxygen atoms in total. The van der Waals surface area contributed by atoms with E-state index in [1.807, 2.05) is 0 Å². The molecule has 10 atom stereocenters. The first-order valence-electron chi connectivity index (χ1n) is 9.05. The van der Waals surface area contributed by atoms with Crippen molar-refractivity contribution in [3.63, 3.8) is 0 Å². The van der Waals surface area contributed by atoms with Gasteiger partial charge in [-0.25, -0.2) is 21.0 Å². The molecule has 4 aliphatic heterocycles. The number of methoxy groups -OCH3 is 1. The van der Waals surface area contributed by atoms with Gasteiger partial charge in [0, 0.05) is 24.9 Å². The van der Waals surface area contributed by atoms with Gasteiger partial charge in [0.25, 0.3) is 0 Å². The van der Waals surface area contributed by atoms with Crippen LogP contribution in [0.2, 0.25) is 0 Å². The summed E-state index contributed by atoms with van der Waals surface area (Å²) in [7, 11) is 1.74. The third kappa shape index (κ3) is 4.98. The van der Waals surface area contributed by atoms with Crippen LogP contribution in [0.5, 0.6) is 0 Å². The maximum absolute atomic E-state index is 6.62. The molecule has 4 rings (SSSR count). The molecule has 4 heterocycles. The second-order valence-electron chi connectivity index (χ2n) is 7.26. The van der Waals surface area contributed by atoms with Crippen molar-refractivity contribution >= 4 is 0 Å². The van der Waals surface area contributed by atoms with E-state index in [-0.39, 0.29) is 60.9 Å². The molecule has 166 valence electrons. The molecule has 4 unspecified atom stereocenters. The van der Waals surface area contributed by atoms with Crippen LogP contribution in [0.25, 0.3) is 0 Å². The van der Waals surface area contributed by atoms with E-state index in [1.54, 1.807) is 7.11 Å². The van der Waals surface area contributed by atoms with Crippen molar-refractivity contribution in [3.05, 3.63) is 0 Å². The van der Waals surface area contributed by atoms with Crippen LogP contribution < -0.4 is 0 Å². The van der Waals surface area contributed by atoms with Gasteiger partial charge in [-0.3, -0.25) is 0 Å². The molecule has 0 radical (unpaired) electrons. The second kappa shape index (κ2) is 11.1. The minimum atomic E-state index is -0.327. The van der Waals surface area contributed by atoms with Gasteiger partial charge in [0.05, 0.1) is 37.6 Å². The molecule has 4 fully saturated rings. The fourth-order valence-corrected chi connectivity index (χ4v) is 4.31. The predicted octanol–water partition coefficient (Wildman–Crippen LogP) is 1.07. The minimum Gasteiger partial charge on any atom is -0.378 e. The average molecular weight is 414 g/mol. The highest BCUT2D eigenvalue weighted by molar-refractivity contribution is 4.96. The quantitative estimate of drug-likeness (QED) is 0.385. The van der Waals surface area contributed by atoms with Crippen LogP contribution in [0.3, 0.4) is 0 Å². The topological polar surface area (TPSA) is 155 Å². The van der Waals surface area contributed by atoms with Gasteiger partial charge in [-0.05, 0) is 0 Å². The summed E-state index contributed by atoms with van der Waals surface area (Å²) in [6.45, 7) is 7.72. The Bertz CT molecular complexity index is 435. The van der Waals surface area contributed by atoms with Crippen LogP contribution in [-0.2, 0) is 38.5 Å². The maximum atomic E-state index is 6.62. The highest BCUT2D eigenvalue weighted by atomic mass is 17.4. The monoisotopic (exact) mass is 414 g/mol. The van der Waals surface area contributed by atoms with Gasteiger partial charge in [0.15, 0.2) is 12.6 Å². The lowest BCUT2D eigenvalue weighted by molar-refractivity contribution is -0.465. The average Bonchev–Trinajstić information content (AvgIpc) is 3.30.